The Kier molecular flexibility index (Phi) is 4.17. The van der Waals surface area contributed by atoms with Gasteiger partial charge >= 0.3 is 0 Å². The summed E-state index contributed by atoms with van der Waals surface area (Å²) in [5, 5.41) is 3.32. The third-order valence-electron chi connectivity index (χ3n) is 4.80. The van der Waals surface area contributed by atoms with Crippen molar-refractivity contribution in [2.24, 2.45) is 0 Å². The van der Waals surface area contributed by atoms with Crippen molar-refractivity contribution in [2.45, 2.75) is 26.7 Å². The molecule has 4 heteroatoms. The van der Waals surface area contributed by atoms with Gasteiger partial charge in [-0.2, -0.15) is 0 Å². The molecule has 2 heterocycles. The Morgan fingerprint density at radius 3 is 2.31 bits per heavy atom. The van der Waals surface area contributed by atoms with Crippen LogP contribution in [0.5, 0.6) is 0 Å². The van der Waals surface area contributed by atoms with Gasteiger partial charge in [0.2, 0.25) is 0 Å². The molecular weight excluding hydrogens is 322 g/mol. The average Bonchev–Trinajstić information content (AvgIpc) is 3.01. The molecule has 0 aliphatic heterocycles. The summed E-state index contributed by atoms with van der Waals surface area (Å²) in [7, 11) is 0. The maximum Gasteiger partial charge on any atom is 0.276 e. The van der Waals surface area contributed by atoms with Crippen LogP contribution in [0, 0.1) is 6.92 Å². The zero-order valence-electron chi connectivity index (χ0n) is 15.0. The zero-order chi connectivity index (χ0) is 18.1. The Balaban J connectivity index is 2.01. The highest BCUT2D eigenvalue weighted by Gasteiger charge is 2.18. The molecule has 0 bridgehead atoms. The molecule has 0 saturated heterocycles. The lowest BCUT2D eigenvalue weighted by Crippen LogP contribution is -2.21. The number of H-pyrrole nitrogens is 1. The lowest BCUT2D eigenvalue weighted by atomic mass is 10.0. The van der Waals surface area contributed by atoms with Crippen LogP contribution in [-0.2, 0) is 12.8 Å². The number of aromatic nitrogens is 3. The summed E-state index contributed by atoms with van der Waals surface area (Å²) in [6, 6.07) is 20.4. The molecule has 0 amide bonds. The number of nitrogens with one attached hydrogen (secondary N) is 1. The molecule has 26 heavy (non-hydrogen) atoms. The Morgan fingerprint density at radius 2 is 1.65 bits per heavy atom. The third kappa shape index (κ3) is 2.73. The van der Waals surface area contributed by atoms with Gasteiger partial charge in [-0.1, -0.05) is 67.6 Å². The van der Waals surface area contributed by atoms with Crippen molar-refractivity contribution in [2.75, 3.05) is 0 Å². The molecule has 0 atom stereocenters. The second-order valence-electron chi connectivity index (χ2n) is 6.49. The average molecular weight is 343 g/mol. The minimum absolute atomic E-state index is 0.00788. The van der Waals surface area contributed by atoms with E-state index in [0.717, 1.165) is 28.1 Å². The predicted molar refractivity (Wildman–Crippen MR) is 105 cm³/mol. The SMILES string of the molecule is CCc1c(C)nc2c(-c3ccccc3)c(Cc3ccccc3)[nH]n2c1=O. The number of aromatic amines is 1. The largest absolute Gasteiger partial charge is 0.293 e. The maximum absolute atomic E-state index is 12.9. The molecule has 0 radical (unpaired) electrons. The Hall–Kier alpha value is -3.14. The van der Waals surface area contributed by atoms with Gasteiger partial charge in [-0.15, -0.1) is 0 Å². The summed E-state index contributed by atoms with van der Waals surface area (Å²) in [6.45, 7) is 3.91. The Morgan fingerprint density at radius 1 is 1.00 bits per heavy atom. The fourth-order valence-electron chi connectivity index (χ4n) is 3.50. The molecule has 4 nitrogen and oxygen atoms in total. The Labute approximate surface area is 152 Å². The normalized spacial score (nSPS) is 11.2. The van der Waals surface area contributed by atoms with E-state index < -0.39 is 0 Å². The second-order valence-corrected chi connectivity index (χ2v) is 6.49. The first-order valence-corrected chi connectivity index (χ1v) is 8.91. The third-order valence-corrected chi connectivity index (χ3v) is 4.80. The summed E-state index contributed by atoms with van der Waals surface area (Å²) in [5.41, 5.74) is 6.50. The molecule has 4 rings (SSSR count). The van der Waals surface area contributed by atoms with E-state index in [1.807, 2.05) is 50.2 Å². The first-order valence-electron chi connectivity index (χ1n) is 8.91. The van der Waals surface area contributed by atoms with Gasteiger partial charge in [0.25, 0.3) is 5.56 Å². The quantitative estimate of drug-likeness (QED) is 0.605. The molecule has 2 aromatic carbocycles. The molecule has 2 aromatic heterocycles. The zero-order valence-corrected chi connectivity index (χ0v) is 15.0. The molecular formula is C22H21N3O. The molecule has 0 spiro atoms. The number of hydrogen-bond acceptors (Lipinski definition) is 2. The van der Waals surface area contributed by atoms with Gasteiger partial charge in [0.05, 0.1) is 0 Å². The van der Waals surface area contributed by atoms with Gasteiger partial charge in [0.15, 0.2) is 5.65 Å². The summed E-state index contributed by atoms with van der Waals surface area (Å²) in [4.78, 5) is 17.7. The standard InChI is InChI=1S/C22H21N3O/c1-3-18-15(2)23-21-20(17-12-8-5-9-13-17)19(24-25(21)22(18)26)14-16-10-6-4-7-11-16/h4-13,24H,3,14H2,1-2H3. The van der Waals surface area contributed by atoms with Crippen molar-refractivity contribution in [1.29, 1.82) is 0 Å². The van der Waals surface area contributed by atoms with Crippen molar-refractivity contribution in [3.8, 4) is 11.1 Å². The summed E-state index contributed by atoms with van der Waals surface area (Å²) in [5.74, 6) is 0. The van der Waals surface area contributed by atoms with Crippen molar-refractivity contribution < 1.29 is 0 Å². The molecule has 4 aromatic rings. The first-order chi connectivity index (χ1) is 12.7. The smallest absolute Gasteiger partial charge is 0.276 e. The molecule has 130 valence electrons. The highest BCUT2D eigenvalue weighted by atomic mass is 16.1. The highest BCUT2D eigenvalue weighted by molar-refractivity contribution is 5.80. The van der Waals surface area contributed by atoms with Crippen molar-refractivity contribution >= 4 is 5.65 Å². The fraction of sp³-hybridized carbons (Fsp3) is 0.182. The first kappa shape index (κ1) is 16.3. The number of aryl methyl sites for hydroxylation is 1. The summed E-state index contributed by atoms with van der Waals surface area (Å²) >= 11 is 0. The van der Waals surface area contributed by atoms with Gasteiger partial charge in [0.1, 0.15) is 0 Å². The van der Waals surface area contributed by atoms with Crippen LogP contribution >= 0.6 is 0 Å². The number of benzene rings is 2. The van der Waals surface area contributed by atoms with Crippen molar-refractivity contribution in [3.05, 3.63) is 93.5 Å². The van der Waals surface area contributed by atoms with E-state index in [-0.39, 0.29) is 5.56 Å². The van der Waals surface area contributed by atoms with Crippen LogP contribution in [0.1, 0.15) is 29.4 Å². The maximum atomic E-state index is 12.9. The van der Waals surface area contributed by atoms with Gasteiger partial charge in [0, 0.05) is 28.9 Å². The van der Waals surface area contributed by atoms with Crippen LogP contribution in [0.3, 0.4) is 0 Å². The van der Waals surface area contributed by atoms with Crippen molar-refractivity contribution in [3.63, 3.8) is 0 Å². The molecule has 1 N–H and O–H groups in total. The van der Waals surface area contributed by atoms with Crippen LogP contribution in [0.4, 0.5) is 0 Å². The number of hydrogen-bond donors (Lipinski definition) is 1. The van der Waals surface area contributed by atoms with Crippen LogP contribution in [0.2, 0.25) is 0 Å². The van der Waals surface area contributed by atoms with Gasteiger partial charge in [-0.25, -0.2) is 9.50 Å². The molecule has 0 unspecified atom stereocenters. The van der Waals surface area contributed by atoms with E-state index in [2.05, 4.69) is 29.4 Å². The van der Waals surface area contributed by atoms with Gasteiger partial charge in [-0.05, 0) is 24.5 Å². The summed E-state index contributed by atoms with van der Waals surface area (Å²) in [6.07, 6.45) is 1.39. The van der Waals surface area contributed by atoms with Crippen LogP contribution in [-0.4, -0.2) is 14.6 Å². The van der Waals surface area contributed by atoms with Crippen LogP contribution in [0.25, 0.3) is 16.8 Å². The van der Waals surface area contributed by atoms with Crippen molar-refractivity contribution in [1.82, 2.24) is 14.6 Å². The minimum Gasteiger partial charge on any atom is -0.293 e. The van der Waals surface area contributed by atoms with E-state index >= 15 is 0 Å². The van der Waals surface area contributed by atoms with Crippen LogP contribution < -0.4 is 5.56 Å². The predicted octanol–water partition coefficient (Wildman–Crippen LogP) is 4.15. The monoisotopic (exact) mass is 343 g/mol. The fourth-order valence-corrected chi connectivity index (χ4v) is 3.50. The van der Waals surface area contributed by atoms with Gasteiger partial charge in [-0.3, -0.25) is 9.89 Å². The molecule has 0 fully saturated rings. The van der Waals surface area contributed by atoms with E-state index in [1.54, 1.807) is 4.52 Å². The number of fused-ring (bicyclic) bond motifs is 1. The highest BCUT2D eigenvalue weighted by Crippen LogP contribution is 2.28. The second kappa shape index (κ2) is 6.64. The number of rotatable bonds is 4. The van der Waals surface area contributed by atoms with E-state index in [9.17, 15) is 4.79 Å². The van der Waals surface area contributed by atoms with Crippen LogP contribution in [0.15, 0.2) is 65.5 Å². The van der Waals surface area contributed by atoms with E-state index in [1.165, 1.54) is 5.56 Å². The van der Waals surface area contributed by atoms with E-state index in [0.29, 0.717) is 18.5 Å². The molecule has 0 aliphatic rings. The van der Waals surface area contributed by atoms with E-state index in [4.69, 9.17) is 4.98 Å². The topological polar surface area (TPSA) is 50.2 Å². The lowest BCUT2D eigenvalue weighted by Gasteiger charge is -2.05. The summed E-state index contributed by atoms with van der Waals surface area (Å²) < 4.78 is 1.60. The lowest BCUT2D eigenvalue weighted by molar-refractivity contribution is 0.832. The Bertz CT molecular complexity index is 1110. The minimum atomic E-state index is -0.00788. The van der Waals surface area contributed by atoms with Gasteiger partial charge < -0.3 is 0 Å². The molecule has 0 aliphatic carbocycles. The number of nitrogens with zero attached hydrogens (tertiary/aromatic N) is 2. The molecule has 0 saturated carbocycles.